The van der Waals surface area contributed by atoms with E-state index in [1.54, 1.807) is 0 Å². The number of rotatable bonds is 17. The first kappa shape index (κ1) is 27.0. The van der Waals surface area contributed by atoms with Crippen molar-refractivity contribution in [1.29, 1.82) is 0 Å². The second kappa shape index (κ2) is 16.1. The van der Waals surface area contributed by atoms with Gasteiger partial charge in [0.15, 0.2) is 0 Å². The molecule has 0 atom stereocenters. The first-order chi connectivity index (χ1) is 16.8. The fourth-order valence-electron chi connectivity index (χ4n) is 5.37. The maximum Gasteiger partial charge on any atom is -0.000473 e. The Morgan fingerprint density at radius 2 is 0.735 bits per heavy atom. The van der Waals surface area contributed by atoms with E-state index in [-0.39, 0.29) is 5.41 Å². The highest BCUT2D eigenvalue weighted by Crippen LogP contribution is 2.37. The van der Waals surface area contributed by atoms with Crippen LogP contribution >= 0.6 is 22.6 Å². The van der Waals surface area contributed by atoms with E-state index in [0.29, 0.717) is 0 Å². The molecule has 3 rings (SSSR count). The lowest BCUT2D eigenvalue weighted by Gasteiger charge is -2.35. The molecular weight excluding hydrogens is 523 g/mol. The van der Waals surface area contributed by atoms with E-state index in [4.69, 9.17) is 0 Å². The van der Waals surface area contributed by atoms with Crippen LogP contribution in [-0.4, -0.2) is 4.43 Å². The van der Waals surface area contributed by atoms with Gasteiger partial charge >= 0.3 is 0 Å². The fraction of sp³-hybridized carbons (Fsp3) is 0.455. The Morgan fingerprint density at radius 3 is 1.09 bits per heavy atom. The third-order valence-electron chi connectivity index (χ3n) is 7.11. The number of alkyl halides is 1. The lowest BCUT2D eigenvalue weighted by molar-refractivity contribution is 0.243. The Kier molecular flexibility index (Phi) is 12.8. The van der Waals surface area contributed by atoms with Crippen LogP contribution in [-0.2, 0) is 19.3 Å². The zero-order valence-electron chi connectivity index (χ0n) is 20.9. The first-order valence-corrected chi connectivity index (χ1v) is 15.0. The van der Waals surface area contributed by atoms with Gasteiger partial charge in [-0.15, -0.1) is 0 Å². The summed E-state index contributed by atoms with van der Waals surface area (Å²) in [4.78, 5) is 0. The summed E-state index contributed by atoms with van der Waals surface area (Å²) in [6, 6.07) is 33.6. The average Bonchev–Trinajstić information content (AvgIpc) is 2.87. The summed E-state index contributed by atoms with van der Waals surface area (Å²) in [6.45, 7) is 0. The van der Waals surface area contributed by atoms with Gasteiger partial charge in [-0.2, -0.15) is 0 Å². The van der Waals surface area contributed by atoms with Crippen LogP contribution in [0.2, 0.25) is 0 Å². The summed E-state index contributed by atoms with van der Waals surface area (Å²) in [5.74, 6) is 0. The van der Waals surface area contributed by atoms with Gasteiger partial charge in [0.1, 0.15) is 0 Å². The molecule has 182 valence electrons. The van der Waals surface area contributed by atoms with Crippen LogP contribution in [0.5, 0.6) is 0 Å². The maximum absolute atomic E-state index is 2.50. The van der Waals surface area contributed by atoms with E-state index in [2.05, 4.69) is 114 Å². The molecule has 0 nitrogen and oxygen atoms in total. The highest BCUT2D eigenvalue weighted by atomic mass is 127. The summed E-state index contributed by atoms with van der Waals surface area (Å²) in [6.07, 6.45) is 17.3. The number of unbranched alkanes of at least 4 members (excludes halogenated alkanes) is 8. The largest absolute Gasteiger partial charge is 0.0864 e. The van der Waals surface area contributed by atoms with Crippen molar-refractivity contribution >= 4 is 22.6 Å². The molecule has 0 aliphatic carbocycles. The van der Waals surface area contributed by atoms with Gasteiger partial charge in [-0.1, -0.05) is 165 Å². The molecule has 0 saturated carbocycles. The smallest absolute Gasteiger partial charge is 0.000473 e. The lowest BCUT2D eigenvalue weighted by Crippen LogP contribution is -2.30. The number of halogens is 1. The molecule has 0 aliphatic heterocycles. The molecule has 0 heterocycles. The van der Waals surface area contributed by atoms with Gasteiger partial charge in [0.25, 0.3) is 0 Å². The minimum Gasteiger partial charge on any atom is -0.0864 e. The van der Waals surface area contributed by atoms with E-state index in [1.807, 2.05) is 0 Å². The van der Waals surface area contributed by atoms with Crippen LogP contribution in [0.25, 0.3) is 0 Å². The van der Waals surface area contributed by atoms with Gasteiger partial charge in [0.05, 0.1) is 0 Å². The van der Waals surface area contributed by atoms with Gasteiger partial charge in [0, 0.05) is 0 Å². The van der Waals surface area contributed by atoms with Crippen LogP contribution < -0.4 is 0 Å². The summed E-state index contributed by atoms with van der Waals surface area (Å²) >= 11 is 2.50. The Bertz CT molecular complexity index is 771. The molecule has 0 amide bonds. The minimum atomic E-state index is 0.253. The van der Waals surface area contributed by atoms with Crippen LogP contribution in [0.3, 0.4) is 0 Å². The predicted molar refractivity (Wildman–Crippen MR) is 158 cm³/mol. The monoisotopic (exact) mass is 566 g/mol. The van der Waals surface area contributed by atoms with Crippen molar-refractivity contribution in [3.8, 4) is 0 Å². The Morgan fingerprint density at radius 1 is 0.412 bits per heavy atom. The fourth-order valence-corrected chi connectivity index (χ4v) is 5.91. The van der Waals surface area contributed by atoms with Crippen LogP contribution in [0.1, 0.15) is 80.9 Å². The standard InChI is InChI=1S/C33H43I/c34-26-18-7-5-3-1-2-4-6-17-25-33(27-30-19-11-8-12-20-30,28-31-21-13-9-14-22-31)29-32-23-15-10-16-24-32/h8-16,19-24H,1-7,17-18,25-29H2. The molecule has 0 spiro atoms. The highest BCUT2D eigenvalue weighted by molar-refractivity contribution is 14.1. The van der Waals surface area contributed by atoms with Crippen molar-refractivity contribution in [3.05, 3.63) is 108 Å². The molecule has 0 unspecified atom stereocenters. The molecule has 1 heteroatoms. The van der Waals surface area contributed by atoms with Crippen LogP contribution in [0.15, 0.2) is 91.0 Å². The summed E-state index contributed by atoms with van der Waals surface area (Å²) in [5, 5.41) is 0. The summed E-state index contributed by atoms with van der Waals surface area (Å²) in [5.41, 5.74) is 4.67. The number of benzene rings is 3. The zero-order chi connectivity index (χ0) is 23.7. The van der Waals surface area contributed by atoms with E-state index in [1.165, 1.54) is 85.3 Å². The van der Waals surface area contributed by atoms with Crippen LogP contribution in [0.4, 0.5) is 0 Å². The summed E-state index contributed by atoms with van der Waals surface area (Å²) < 4.78 is 1.31. The molecule has 0 saturated heterocycles. The Balaban J connectivity index is 1.65. The molecule has 3 aromatic rings. The lowest BCUT2D eigenvalue weighted by atomic mass is 9.69. The minimum absolute atomic E-state index is 0.253. The topological polar surface area (TPSA) is 0 Å². The molecule has 0 radical (unpaired) electrons. The number of hydrogen-bond acceptors (Lipinski definition) is 0. The second-order valence-corrected chi connectivity index (χ2v) is 11.2. The third kappa shape index (κ3) is 10.3. The SMILES string of the molecule is ICCCCCCCCCCCC(Cc1ccccc1)(Cc1ccccc1)Cc1ccccc1. The zero-order valence-corrected chi connectivity index (χ0v) is 23.1. The molecule has 34 heavy (non-hydrogen) atoms. The number of hydrogen-bond donors (Lipinski definition) is 0. The predicted octanol–water partition coefficient (Wildman–Crippen LogP) is 10.0. The van der Waals surface area contributed by atoms with Gasteiger partial charge in [-0.25, -0.2) is 0 Å². The highest BCUT2D eigenvalue weighted by Gasteiger charge is 2.30. The van der Waals surface area contributed by atoms with E-state index < -0.39 is 0 Å². The van der Waals surface area contributed by atoms with Crippen molar-refractivity contribution in [2.24, 2.45) is 5.41 Å². The van der Waals surface area contributed by atoms with Gasteiger partial charge in [0.2, 0.25) is 0 Å². The van der Waals surface area contributed by atoms with Gasteiger partial charge in [-0.3, -0.25) is 0 Å². The first-order valence-electron chi connectivity index (χ1n) is 13.5. The second-order valence-electron chi connectivity index (χ2n) is 10.1. The van der Waals surface area contributed by atoms with Crippen molar-refractivity contribution in [1.82, 2.24) is 0 Å². The van der Waals surface area contributed by atoms with Crippen LogP contribution in [0, 0.1) is 5.41 Å². The van der Waals surface area contributed by atoms with Crippen molar-refractivity contribution in [2.75, 3.05) is 4.43 Å². The van der Waals surface area contributed by atoms with E-state index in [9.17, 15) is 0 Å². The van der Waals surface area contributed by atoms with E-state index in [0.717, 1.165) is 19.3 Å². The Hall–Kier alpha value is -1.61. The molecule has 0 fully saturated rings. The quantitative estimate of drug-likeness (QED) is 0.0867. The molecule has 3 aromatic carbocycles. The molecule has 0 aliphatic rings. The molecular formula is C33H43I. The van der Waals surface area contributed by atoms with Gasteiger partial charge in [-0.05, 0) is 58.6 Å². The Labute approximate surface area is 222 Å². The van der Waals surface area contributed by atoms with Crippen molar-refractivity contribution in [3.63, 3.8) is 0 Å². The summed E-state index contributed by atoms with van der Waals surface area (Å²) in [7, 11) is 0. The molecule has 0 N–H and O–H groups in total. The molecule has 0 aromatic heterocycles. The average molecular weight is 567 g/mol. The third-order valence-corrected chi connectivity index (χ3v) is 7.87. The van der Waals surface area contributed by atoms with Gasteiger partial charge < -0.3 is 0 Å². The van der Waals surface area contributed by atoms with Crippen molar-refractivity contribution in [2.45, 2.75) is 83.5 Å². The molecule has 0 bridgehead atoms. The normalized spacial score (nSPS) is 11.6. The maximum atomic E-state index is 2.50. The van der Waals surface area contributed by atoms with Crippen molar-refractivity contribution < 1.29 is 0 Å². The van der Waals surface area contributed by atoms with E-state index >= 15 is 0 Å².